The summed E-state index contributed by atoms with van der Waals surface area (Å²) >= 11 is 0. The largest absolute Gasteiger partial charge is 0.392 e. The quantitative estimate of drug-likeness (QED) is 0.544. The van der Waals surface area contributed by atoms with E-state index in [4.69, 9.17) is 4.74 Å². The molecular weight excluding hydrogens is 252 g/mol. The first-order chi connectivity index (χ1) is 9.62. The molecule has 1 saturated heterocycles. The minimum absolute atomic E-state index is 0.330. The van der Waals surface area contributed by atoms with Crippen molar-refractivity contribution in [3.8, 4) is 0 Å². The summed E-state index contributed by atoms with van der Waals surface area (Å²) in [7, 11) is 0. The van der Waals surface area contributed by atoms with Gasteiger partial charge in [-0.15, -0.1) is 0 Å². The summed E-state index contributed by atoms with van der Waals surface area (Å²) in [6.45, 7) is 1.84. The molecule has 0 amide bonds. The molecule has 3 heteroatoms. The molecule has 3 nitrogen and oxygen atoms in total. The number of carbonyl (C=O) groups excluding carboxylic acids is 2. The van der Waals surface area contributed by atoms with Crippen LogP contribution in [0.3, 0.4) is 0 Å². The van der Waals surface area contributed by atoms with Crippen LogP contribution in [0.4, 0.5) is 0 Å². The maximum atomic E-state index is 12.2. The van der Waals surface area contributed by atoms with Gasteiger partial charge in [0.2, 0.25) is 0 Å². The second-order valence-electron chi connectivity index (χ2n) is 5.81. The number of esters is 2. The van der Waals surface area contributed by atoms with Gasteiger partial charge in [0.15, 0.2) is 0 Å². The number of fused-ring (bicyclic) bond motifs is 5. The molecule has 0 aromatic heterocycles. The van der Waals surface area contributed by atoms with E-state index in [1.807, 2.05) is 31.2 Å². The van der Waals surface area contributed by atoms with Gasteiger partial charge < -0.3 is 4.74 Å². The van der Waals surface area contributed by atoms with Gasteiger partial charge in [0, 0.05) is 0 Å². The molecule has 1 heterocycles. The van der Waals surface area contributed by atoms with Crippen LogP contribution in [0.2, 0.25) is 0 Å². The zero-order chi connectivity index (χ0) is 13.9. The molecule has 2 aromatic rings. The van der Waals surface area contributed by atoms with Crippen LogP contribution in [-0.2, 0) is 26.2 Å². The molecule has 0 N–H and O–H groups in total. The summed E-state index contributed by atoms with van der Waals surface area (Å²) in [5.74, 6) is -1.09. The molecule has 0 saturated carbocycles. The third-order valence-electron chi connectivity index (χ3n) is 4.88. The monoisotopic (exact) mass is 266 g/mol. The van der Waals surface area contributed by atoms with Crippen molar-refractivity contribution in [3.63, 3.8) is 0 Å². The predicted octanol–water partition coefficient (Wildman–Crippen LogP) is 2.74. The van der Waals surface area contributed by atoms with E-state index >= 15 is 0 Å². The summed E-state index contributed by atoms with van der Waals surface area (Å²) in [5, 5.41) is 2.35. The molecule has 1 fully saturated rings. The summed E-state index contributed by atoms with van der Waals surface area (Å²) in [6.07, 6.45) is 1.50. The van der Waals surface area contributed by atoms with Gasteiger partial charge in [-0.2, -0.15) is 0 Å². The number of hydrogen-bond donors (Lipinski definition) is 0. The Bertz CT molecular complexity index is 762. The van der Waals surface area contributed by atoms with Crippen molar-refractivity contribution < 1.29 is 14.3 Å². The topological polar surface area (TPSA) is 43.4 Å². The third kappa shape index (κ3) is 1.25. The number of aryl methyl sites for hydroxylation is 1. The molecule has 2 atom stereocenters. The van der Waals surface area contributed by atoms with E-state index in [0.29, 0.717) is 6.42 Å². The third-order valence-corrected chi connectivity index (χ3v) is 4.88. The Morgan fingerprint density at radius 3 is 2.80 bits per heavy atom. The van der Waals surface area contributed by atoms with Crippen LogP contribution in [0.5, 0.6) is 0 Å². The Morgan fingerprint density at radius 2 is 1.95 bits per heavy atom. The van der Waals surface area contributed by atoms with Crippen LogP contribution < -0.4 is 0 Å². The Morgan fingerprint density at radius 1 is 1.15 bits per heavy atom. The minimum Gasteiger partial charge on any atom is -0.392 e. The summed E-state index contributed by atoms with van der Waals surface area (Å²) in [4.78, 5) is 24.1. The van der Waals surface area contributed by atoms with Crippen LogP contribution in [0, 0.1) is 5.92 Å². The van der Waals surface area contributed by atoms with Crippen molar-refractivity contribution in [2.24, 2.45) is 5.92 Å². The number of benzene rings is 2. The minimum atomic E-state index is -0.811. The lowest BCUT2D eigenvalue weighted by Crippen LogP contribution is -2.39. The number of ether oxygens (including phenoxy) is 1. The first kappa shape index (κ1) is 11.6. The average Bonchev–Trinajstić information content (AvgIpc) is 2.69. The lowest BCUT2D eigenvalue weighted by atomic mass is 9.65. The standard InChI is InChI=1S/C17H14O3/c1-17-13-8-6-10-4-2-3-5-11(10)12(13)7-9-14(17)15(18)20-16(17)19/h2-6,8,14H,7,9H2,1H3/t14-,17+/m0/s1. The zero-order valence-electron chi connectivity index (χ0n) is 11.2. The van der Waals surface area contributed by atoms with Gasteiger partial charge in [-0.25, -0.2) is 0 Å². The van der Waals surface area contributed by atoms with E-state index in [1.165, 1.54) is 16.3 Å². The van der Waals surface area contributed by atoms with E-state index in [9.17, 15) is 9.59 Å². The van der Waals surface area contributed by atoms with Crippen molar-refractivity contribution >= 4 is 22.7 Å². The molecule has 100 valence electrons. The number of hydrogen-bond acceptors (Lipinski definition) is 3. The lowest BCUT2D eigenvalue weighted by molar-refractivity contribution is -0.154. The number of carbonyl (C=O) groups is 2. The molecule has 4 rings (SSSR count). The second kappa shape index (κ2) is 3.69. The zero-order valence-corrected chi connectivity index (χ0v) is 11.2. The smallest absolute Gasteiger partial charge is 0.324 e. The molecule has 2 aliphatic rings. The molecule has 0 bridgehead atoms. The Labute approximate surface area is 116 Å². The van der Waals surface area contributed by atoms with Gasteiger partial charge in [0.1, 0.15) is 5.41 Å². The van der Waals surface area contributed by atoms with Crippen molar-refractivity contribution in [1.29, 1.82) is 0 Å². The number of cyclic esters (lactones) is 2. The highest BCUT2D eigenvalue weighted by molar-refractivity contribution is 6.04. The Kier molecular flexibility index (Phi) is 2.15. The van der Waals surface area contributed by atoms with E-state index < -0.39 is 11.4 Å². The second-order valence-corrected chi connectivity index (χ2v) is 5.81. The van der Waals surface area contributed by atoms with Gasteiger partial charge in [0.25, 0.3) is 0 Å². The normalized spacial score (nSPS) is 28.1. The van der Waals surface area contributed by atoms with Crippen LogP contribution in [0.1, 0.15) is 24.5 Å². The van der Waals surface area contributed by atoms with E-state index in [0.717, 1.165) is 12.0 Å². The SMILES string of the molecule is C[C@]12C(=O)OC(=O)[C@@H]1CCc1c2ccc2ccccc12. The van der Waals surface area contributed by atoms with Crippen LogP contribution in [-0.4, -0.2) is 11.9 Å². The van der Waals surface area contributed by atoms with Crippen LogP contribution >= 0.6 is 0 Å². The van der Waals surface area contributed by atoms with E-state index in [1.54, 1.807) is 0 Å². The highest BCUT2D eigenvalue weighted by atomic mass is 16.6. The van der Waals surface area contributed by atoms with Crippen molar-refractivity contribution in [2.75, 3.05) is 0 Å². The summed E-state index contributed by atoms with van der Waals surface area (Å²) in [5.41, 5.74) is 1.34. The van der Waals surface area contributed by atoms with E-state index in [-0.39, 0.29) is 11.9 Å². The number of rotatable bonds is 0. The van der Waals surface area contributed by atoms with Gasteiger partial charge in [-0.1, -0.05) is 36.4 Å². The van der Waals surface area contributed by atoms with Gasteiger partial charge >= 0.3 is 11.9 Å². The summed E-state index contributed by atoms with van der Waals surface area (Å²) in [6, 6.07) is 12.2. The first-order valence-electron chi connectivity index (χ1n) is 6.89. The molecule has 0 unspecified atom stereocenters. The fourth-order valence-corrected chi connectivity index (χ4v) is 3.73. The van der Waals surface area contributed by atoms with Crippen molar-refractivity contribution in [1.82, 2.24) is 0 Å². The van der Waals surface area contributed by atoms with Crippen LogP contribution in [0.15, 0.2) is 36.4 Å². The van der Waals surface area contributed by atoms with Gasteiger partial charge in [-0.3, -0.25) is 9.59 Å². The first-order valence-corrected chi connectivity index (χ1v) is 6.89. The Balaban J connectivity index is 2.04. The van der Waals surface area contributed by atoms with Crippen molar-refractivity contribution in [3.05, 3.63) is 47.5 Å². The fraction of sp³-hybridized carbons (Fsp3) is 0.294. The van der Waals surface area contributed by atoms with Gasteiger partial charge in [-0.05, 0) is 41.7 Å². The molecular formula is C17H14O3. The molecule has 1 aliphatic heterocycles. The molecule has 20 heavy (non-hydrogen) atoms. The predicted molar refractivity (Wildman–Crippen MR) is 74.2 cm³/mol. The van der Waals surface area contributed by atoms with Crippen LogP contribution in [0.25, 0.3) is 10.8 Å². The highest BCUT2D eigenvalue weighted by Gasteiger charge is 2.57. The molecule has 2 aromatic carbocycles. The van der Waals surface area contributed by atoms with E-state index in [2.05, 4.69) is 12.1 Å². The average molecular weight is 266 g/mol. The summed E-state index contributed by atoms with van der Waals surface area (Å²) < 4.78 is 4.90. The highest BCUT2D eigenvalue weighted by Crippen LogP contribution is 2.48. The molecule has 1 aliphatic carbocycles. The van der Waals surface area contributed by atoms with Gasteiger partial charge in [0.05, 0.1) is 5.92 Å². The molecule has 0 radical (unpaired) electrons. The maximum Gasteiger partial charge on any atom is 0.324 e. The fourth-order valence-electron chi connectivity index (χ4n) is 3.73. The maximum absolute atomic E-state index is 12.2. The lowest BCUT2D eigenvalue weighted by Gasteiger charge is -2.33. The molecule has 0 spiro atoms. The Hall–Kier alpha value is -2.16. The van der Waals surface area contributed by atoms with Crippen molar-refractivity contribution in [2.45, 2.75) is 25.2 Å².